The SMILES string of the molecule is Cc1ccc(-c2nnc(N(C)C(=O)c3cccnc3)s2)cn1. The number of carbonyl (C=O) groups is 1. The van der Waals surface area contributed by atoms with Gasteiger partial charge in [0.1, 0.15) is 0 Å². The van der Waals surface area contributed by atoms with Gasteiger partial charge in [-0.25, -0.2) is 0 Å². The third-order valence-electron chi connectivity index (χ3n) is 3.07. The van der Waals surface area contributed by atoms with E-state index in [1.165, 1.54) is 22.4 Å². The molecule has 0 N–H and O–H groups in total. The molecule has 0 radical (unpaired) electrons. The van der Waals surface area contributed by atoms with Crippen molar-refractivity contribution in [1.29, 1.82) is 0 Å². The lowest BCUT2D eigenvalue weighted by molar-refractivity contribution is 0.0992. The van der Waals surface area contributed by atoms with Gasteiger partial charge in [0.05, 0.1) is 5.56 Å². The van der Waals surface area contributed by atoms with Gasteiger partial charge in [-0.2, -0.15) is 0 Å². The quantitative estimate of drug-likeness (QED) is 0.743. The molecular weight excluding hydrogens is 298 g/mol. The van der Waals surface area contributed by atoms with Crippen LogP contribution in [0.25, 0.3) is 10.6 Å². The first-order valence-corrected chi connectivity index (χ1v) is 7.41. The van der Waals surface area contributed by atoms with Crippen LogP contribution in [0.2, 0.25) is 0 Å². The zero-order valence-electron chi connectivity index (χ0n) is 12.1. The predicted octanol–water partition coefficient (Wildman–Crippen LogP) is 2.58. The van der Waals surface area contributed by atoms with Crippen LogP contribution in [0.4, 0.5) is 5.13 Å². The summed E-state index contributed by atoms with van der Waals surface area (Å²) in [6.07, 6.45) is 4.91. The number of nitrogens with zero attached hydrogens (tertiary/aromatic N) is 5. The van der Waals surface area contributed by atoms with Crippen molar-refractivity contribution in [3.63, 3.8) is 0 Å². The van der Waals surface area contributed by atoms with Crippen LogP contribution in [0.5, 0.6) is 0 Å². The predicted molar refractivity (Wildman–Crippen MR) is 84.8 cm³/mol. The van der Waals surface area contributed by atoms with Crippen molar-refractivity contribution in [2.45, 2.75) is 6.92 Å². The summed E-state index contributed by atoms with van der Waals surface area (Å²) in [5.41, 5.74) is 2.34. The number of hydrogen-bond acceptors (Lipinski definition) is 6. The number of hydrogen-bond donors (Lipinski definition) is 0. The maximum absolute atomic E-state index is 12.3. The number of rotatable bonds is 3. The van der Waals surface area contributed by atoms with Crippen LogP contribution < -0.4 is 4.90 Å². The van der Waals surface area contributed by atoms with Crippen molar-refractivity contribution in [1.82, 2.24) is 20.2 Å². The van der Waals surface area contributed by atoms with E-state index in [9.17, 15) is 4.79 Å². The second-order valence-corrected chi connectivity index (χ2v) is 5.64. The van der Waals surface area contributed by atoms with Crippen LogP contribution in [0.3, 0.4) is 0 Å². The van der Waals surface area contributed by atoms with Crippen LogP contribution in [0, 0.1) is 6.92 Å². The van der Waals surface area contributed by atoms with E-state index in [2.05, 4.69) is 20.2 Å². The van der Waals surface area contributed by atoms with Gasteiger partial charge in [0.2, 0.25) is 5.13 Å². The Morgan fingerprint density at radius 1 is 1.18 bits per heavy atom. The molecule has 0 bridgehead atoms. The standard InChI is InChI=1S/C15H13N5OS/c1-10-5-6-11(9-17-10)13-18-19-15(22-13)20(2)14(21)12-4-3-7-16-8-12/h3-9H,1-2H3. The topological polar surface area (TPSA) is 71.9 Å². The summed E-state index contributed by atoms with van der Waals surface area (Å²) < 4.78 is 0. The molecule has 0 aliphatic carbocycles. The fraction of sp³-hybridized carbons (Fsp3) is 0.133. The Kier molecular flexibility index (Phi) is 3.88. The molecule has 1 amide bonds. The molecule has 3 rings (SSSR count). The van der Waals surface area contributed by atoms with Crippen molar-refractivity contribution >= 4 is 22.4 Å². The summed E-state index contributed by atoms with van der Waals surface area (Å²) >= 11 is 1.35. The molecular formula is C15H13N5OS. The van der Waals surface area contributed by atoms with Crippen molar-refractivity contribution in [2.75, 3.05) is 11.9 Å². The lowest BCUT2D eigenvalue weighted by atomic mass is 10.2. The normalized spacial score (nSPS) is 10.5. The second-order valence-electron chi connectivity index (χ2n) is 4.68. The number of carbonyl (C=O) groups excluding carboxylic acids is 1. The van der Waals surface area contributed by atoms with E-state index in [-0.39, 0.29) is 5.91 Å². The third-order valence-corrected chi connectivity index (χ3v) is 4.12. The van der Waals surface area contributed by atoms with Crippen LogP contribution in [-0.2, 0) is 0 Å². The highest BCUT2D eigenvalue weighted by molar-refractivity contribution is 7.18. The average Bonchev–Trinajstić information content (AvgIpc) is 3.05. The van der Waals surface area contributed by atoms with Crippen molar-refractivity contribution < 1.29 is 4.79 Å². The molecule has 0 aliphatic heterocycles. The number of pyridine rings is 2. The van der Waals surface area contributed by atoms with Gasteiger partial charge in [0.15, 0.2) is 5.01 Å². The van der Waals surface area contributed by atoms with E-state index in [1.54, 1.807) is 31.6 Å². The molecule has 0 aliphatic rings. The molecule has 3 aromatic rings. The fourth-order valence-electron chi connectivity index (χ4n) is 1.83. The highest BCUT2D eigenvalue weighted by Gasteiger charge is 2.18. The summed E-state index contributed by atoms with van der Waals surface area (Å²) in [6.45, 7) is 1.93. The van der Waals surface area contributed by atoms with Gasteiger partial charge in [-0.05, 0) is 31.2 Å². The first-order chi connectivity index (χ1) is 10.6. The molecule has 0 fully saturated rings. The first-order valence-electron chi connectivity index (χ1n) is 6.60. The fourth-order valence-corrected chi connectivity index (χ4v) is 2.63. The molecule has 0 saturated heterocycles. The van der Waals surface area contributed by atoms with Gasteiger partial charge in [-0.1, -0.05) is 11.3 Å². The molecule has 0 spiro atoms. The monoisotopic (exact) mass is 311 g/mol. The Balaban J connectivity index is 1.84. The second kappa shape index (κ2) is 5.98. The number of anilines is 1. The van der Waals surface area contributed by atoms with Crippen LogP contribution in [0.15, 0.2) is 42.9 Å². The lowest BCUT2D eigenvalue weighted by Crippen LogP contribution is -2.26. The molecule has 22 heavy (non-hydrogen) atoms. The largest absolute Gasteiger partial charge is 0.286 e. The van der Waals surface area contributed by atoms with E-state index in [4.69, 9.17) is 0 Å². The van der Waals surface area contributed by atoms with Gasteiger partial charge >= 0.3 is 0 Å². The van der Waals surface area contributed by atoms with Gasteiger partial charge in [0.25, 0.3) is 5.91 Å². The minimum Gasteiger partial charge on any atom is -0.286 e. The van der Waals surface area contributed by atoms with E-state index in [1.807, 2.05) is 19.1 Å². The van der Waals surface area contributed by atoms with Crippen LogP contribution >= 0.6 is 11.3 Å². The van der Waals surface area contributed by atoms with Crippen molar-refractivity contribution in [2.24, 2.45) is 0 Å². The molecule has 0 unspecified atom stereocenters. The number of aryl methyl sites for hydroxylation is 1. The maximum atomic E-state index is 12.3. The molecule has 110 valence electrons. The van der Waals surface area contributed by atoms with E-state index in [0.29, 0.717) is 10.7 Å². The summed E-state index contributed by atoms with van der Waals surface area (Å²) in [7, 11) is 1.67. The molecule has 0 aromatic carbocycles. The van der Waals surface area contributed by atoms with Crippen LogP contribution in [0.1, 0.15) is 16.1 Å². The maximum Gasteiger partial charge on any atom is 0.261 e. The van der Waals surface area contributed by atoms with Crippen molar-refractivity contribution in [3.05, 3.63) is 54.1 Å². The van der Waals surface area contributed by atoms with E-state index < -0.39 is 0 Å². The third kappa shape index (κ3) is 2.84. The molecule has 0 atom stereocenters. The van der Waals surface area contributed by atoms with Gasteiger partial charge in [-0.15, -0.1) is 10.2 Å². The molecule has 3 heterocycles. The van der Waals surface area contributed by atoms with E-state index in [0.717, 1.165) is 16.3 Å². The summed E-state index contributed by atoms with van der Waals surface area (Å²) in [5.74, 6) is -0.169. The Hall–Kier alpha value is -2.67. The molecule has 0 saturated carbocycles. The zero-order chi connectivity index (χ0) is 15.5. The Morgan fingerprint density at radius 3 is 2.73 bits per heavy atom. The summed E-state index contributed by atoms with van der Waals surface area (Å²) in [5, 5.41) is 9.48. The van der Waals surface area contributed by atoms with Crippen LogP contribution in [-0.4, -0.2) is 33.1 Å². The number of amides is 1. The summed E-state index contributed by atoms with van der Waals surface area (Å²) in [6, 6.07) is 7.30. The summed E-state index contributed by atoms with van der Waals surface area (Å²) in [4.78, 5) is 22.0. The highest BCUT2D eigenvalue weighted by Crippen LogP contribution is 2.28. The Morgan fingerprint density at radius 2 is 2.05 bits per heavy atom. The van der Waals surface area contributed by atoms with Gasteiger partial charge < -0.3 is 0 Å². The Labute approximate surface area is 131 Å². The smallest absolute Gasteiger partial charge is 0.261 e. The van der Waals surface area contributed by atoms with Gasteiger partial charge in [0, 0.05) is 36.9 Å². The Bertz CT molecular complexity index is 785. The molecule has 7 heteroatoms. The first kappa shape index (κ1) is 14.3. The average molecular weight is 311 g/mol. The molecule has 3 aromatic heterocycles. The highest BCUT2D eigenvalue weighted by atomic mass is 32.1. The molecule has 6 nitrogen and oxygen atoms in total. The minimum absolute atomic E-state index is 0.169. The number of aromatic nitrogens is 4. The minimum atomic E-state index is -0.169. The van der Waals surface area contributed by atoms with Gasteiger partial charge in [-0.3, -0.25) is 19.7 Å². The van der Waals surface area contributed by atoms with Crippen molar-refractivity contribution in [3.8, 4) is 10.6 Å². The lowest BCUT2D eigenvalue weighted by Gasteiger charge is -2.12. The zero-order valence-corrected chi connectivity index (χ0v) is 12.9. The van der Waals surface area contributed by atoms with E-state index >= 15 is 0 Å².